The molecule has 1 aliphatic heterocycles. The molecule has 0 bridgehead atoms. The van der Waals surface area contributed by atoms with Gasteiger partial charge in [0.05, 0.1) is 11.6 Å². The monoisotopic (exact) mass is 529 g/mol. The van der Waals surface area contributed by atoms with E-state index in [1.165, 1.54) is 24.3 Å². The molecule has 0 N–H and O–H groups in total. The molecule has 33 heavy (non-hydrogen) atoms. The minimum atomic E-state index is -0.641. The predicted molar refractivity (Wildman–Crippen MR) is 128 cm³/mol. The largest absolute Gasteiger partial charge is 0.490 e. The van der Waals surface area contributed by atoms with Crippen molar-refractivity contribution >= 4 is 45.5 Å². The van der Waals surface area contributed by atoms with Crippen LogP contribution in [0.5, 0.6) is 11.5 Å². The van der Waals surface area contributed by atoms with Gasteiger partial charge in [-0.3, -0.25) is 0 Å². The topological polar surface area (TPSA) is 57.1 Å². The molecule has 1 heterocycles. The van der Waals surface area contributed by atoms with Gasteiger partial charge in [-0.05, 0) is 55.0 Å². The fraction of sp³-hybridized carbons (Fsp3) is 0.120. The highest BCUT2D eigenvalue weighted by molar-refractivity contribution is 9.10. The summed E-state index contributed by atoms with van der Waals surface area (Å²) in [5.74, 6) is -0.221. The first-order valence-corrected chi connectivity index (χ1v) is 11.2. The number of esters is 1. The second-order valence-corrected chi connectivity index (χ2v) is 8.25. The van der Waals surface area contributed by atoms with Crippen molar-refractivity contribution < 1.29 is 23.4 Å². The summed E-state index contributed by atoms with van der Waals surface area (Å²) >= 11 is 10.0. The van der Waals surface area contributed by atoms with Crippen molar-refractivity contribution in [3.8, 4) is 11.5 Å². The van der Waals surface area contributed by atoms with Crippen LogP contribution in [-0.4, -0.2) is 18.5 Å². The summed E-state index contributed by atoms with van der Waals surface area (Å²) in [5, 5.41) is 0.320. The van der Waals surface area contributed by atoms with Gasteiger partial charge in [0, 0.05) is 15.6 Å². The van der Waals surface area contributed by atoms with Crippen LogP contribution in [0.1, 0.15) is 23.6 Å². The summed E-state index contributed by atoms with van der Waals surface area (Å²) in [6.07, 6.45) is 1.53. The Morgan fingerprint density at radius 1 is 1.12 bits per heavy atom. The molecule has 3 aromatic carbocycles. The van der Waals surface area contributed by atoms with E-state index in [4.69, 9.17) is 25.8 Å². The van der Waals surface area contributed by atoms with Crippen LogP contribution in [0.25, 0.3) is 6.08 Å². The lowest BCUT2D eigenvalue weighted by Crippen LogP contribution is -2.05. The molecule has 0 amide bonds. The summed E-state index contributed by atoms with van der Waals surface area (Å²) in [6, 6.07) is 16.7. The van der Waals surface area contributed by atoms with Crippen LogP contribution in [0.15, 0.2) is 75.8 Å². The number of halogens is 3. The van der Waals surface area contributed by atoms with Crippen LogP contribution < -0.4 is 9.47 Å². The Bertz CT molecular complexity index is 1280. The molecular formula is C25H18BrClFNO4. The number of carbonyl (C=O) groups is 1. The van der Waals surface area contributed by atoms with Gasteiger partial charge in [0.2, 0.25) is 5.90 Å². The highest BCUT2D eigenvalue weighted by Gasteiger charge is 2.25. The molecule has 0 fully saturated rings. The van der Waals surface area contributed by atoms with Crippen LogP contribution in [-0.2, 0) is 16.1 Å². The fourth-order valence-electron chi connectivity index (χ4n) is 3.15. The van der Waals surface area contributed by atoms with Crippen molar-refractivity contribution in [2.45, 2.75) is 13.5 Å². The van der Waals surface area contributed by atoms with E-state index in [2.05, 4.69) is 20.9 Å². The lowest BCUT2D eigenvalue weighted by Gasteiger charge is -2.15. The van der Waals surface area contributed by atoms with E-state index in [9.17, 15) is 9.18 Å². The van der Waals surface area contributed by atoms with Crippen molar-refractivity contribution in [3.63, 3.8) is 0 Å². The van der Waals surface area contributed by atoms with Gasteiger partial charge >= 0.3 is 5.97 Å². The molecule has 168 valence electrons. The quantitative estimate of drug-likeness (QED) is 0.256. The van der Waals surface area contributed by atoms with E-state index in [0.717, 1.165) is 10.0 Å². The van der Waals surface area contributed by atoms with E-state index >= 15 is 0 Å². The van der Waals surface area contributed by atoms with Crippen LogP contribution in [0.4, 0.5) is 4.39 Å². The number of ether oxygens (including phenoxy) is 3. The summed E-state index contributed by atoms with van der Waals surface area (Å²) in [7, 11) is 0. The number of carbonyl (C=O) groups excluding carboxylic acids is 1. The molecule has 5 nitrogen and oxygen atoms in total. The first-order chi connectivity index (χ1) is 15.9. The Labute approximate surface area is 203 Å². The maximum Gasteiger partial charge on any atom is 0.363 e. The van der Waals surface area contributed by atoms with Crippen molar-refractivity contribution in [2.24, 2.45) is 4.99 Å². The number of benzene rings is 3. The Kier molecular flexibility index (Phi) is 7.11. The molecule has 0 spiro atoms. The zero-order valence-corrected chi connectivity index (χ0v) is 19.8. The molecule has 0 saturated heterocycles. The second kappa shape index (κ2) is 10.2. The minimum Gasteiger partial charge on any atom is -0.490 e. The van der Waals surface area contributed by atoms with Gasteiger partial charge in [-0.15, -0.1) is 0 Å². The summed E-state index contributed by atoms with van der Waals surface area (Å²) < 4.78 is 31.3. The minimum absolute atomic E-state index is 0.0373. The molecular weight excluding hydrogens is 513 g/mol. The number of nitrogens with zero attached hydrogens (tertiary/aromatic N) is 1. The Hall–Kier alpha value is -3.16. The Balaban J connectivity index is 1.62. The molecule has 8 heteroatoms. The number of cyclic esters (lactones) is 1. The van der Waals surface area contributed by atoms with E-state index in [-0.39, 0.29) is 18.2 Å². The second-order valence-electron chi connectivity index (χ2n) is 6.99. The Morgan fingerprint density at radius 3 is 2.70 bits per heavy atom. The maximum absolute atomic E-state index is 13.5. The standard InChI is InChI=1S/C25H18BrClFNO4/c1-2-31-22-12-15(10-20(27)23(22)32-14-17-6-3-4-9-19(17)26)11-21-25(30)33-24(29-21)16-7-5-8-18(28)13-16/h3-13H,2,14H2,1H3/b21-11+. The normalized spacial score (nSPS) is 14.2. The van der Waals surface area contributed by atoms with Crippen molar-refractivity contribution in [2.75, 3.05) is 6.61 Å². The van der Waals surface area contributed by atoms with Gasteiger partial charge in [-0.1, -0.05) is 51.8 Å². The number of aliphatic imine (C=N–C) groups is 1. The molecule has 0 aromatic heterocycles. The van der Waals surface area contributed by atoms with E-state index in [1.807, 2.05) is 31.2 Å². The van der Waals surface area contributed by atoms with Gasteiger partial charge in [0.1, 0.15) is 12.4 Å². The van der Waals surface area contributed by atoms with Crippen molar-refractivity contribution in [1.29, 1.82) is 0 Å². The summed E-state index contributed by atoms with van der Waals surface area (Å²) in [5.41, 5.74) is 1.97. The van der Waals surface area contributed by atoms with Crippen LogP contribution in [0, 0.1) is 5.82 Å². The SMILES string of the molecule is CCOc1cc(/C=C2/N=C(c3cccc(F)c3)OC2=O)cc(Cl)c1OCc1ccccc1Br. The zero-order valence-electron chi connectivity index (χ0n) is 17.5. The third kappa shape index (κ3) is 5.43. The molecule has 0 aliphatic carbocycles. The van der Waals surface area contributed by atoms with E-state index in [0.29, 0.717) is 34.3 Å². The fourth-order valence-corrected chi connectivity index (χ4v) is 3.82. The van der Waals surface area contributed by atoms with Gasteiger partial charge in [-0.2, -0.15) is 0 Å². The summed E-state index contributed by atoms with van der Waals surface area (Å²) in [6.45, 7) is 2.53. The third-order valence-electron chi connectivity index (χ3n) is 4.66. The molecule has 0 saturated carbocycles. The number of hydrogen-bond acceptors (Lipinski definition) is 5. The van der Waals surface area contributed by atoms with Crippen LogP contribution >= 0.6 is 27.5 Å². The molecule has 0 radical (unpaired) electrons. The van der Waals surface area contributed by atoms with Gasteiger partial charge in [0.15, 0.2) is 17.2 Å². The highest BCUT2D eigenvalue weighted by atomic mass is 79.9. The predicted octanol–water partition coefficient (Wildman–Crippen LogP) is 6.56. The Morgan fingerprint density at radius 2 is 1.94 bits per heavy atom. The van der Waals surface area contributed by atoms with Crippen LogP contribution in [0.2, 0.25) is 5.02 Å². The average molecular weight is 531 g/mol. The molecule has 3 aromatic rings. The number of rotatable bonds is 7. The van der Waals surface area contributed by atoms with E-state index in [1.54, 1.807) is 18.2 Å². The summed E-state index contributed by atoms with van der Waals surface area (Å²) in [4.78, 5) is 16.5. The highest BCUT2D eigenvalue weighted by Crippen LogP contribution is 2.38. The molecule has 1 aliphatic rings. The first-order valence-electron chi connectivity index (χ1n) is 10.1. The average Bonchev–Trinajstić information content (AvgIpc) is 3.15. The lowest BCUT2D eigenvalue weighted by atomic mass is 10.1. The molecule has 0 atom stereocenters. The zero-order chi connectivity index (χ0) is 23.4. The van der Waals surface area contributed by atoms with Crippen molar-refractivity contribution in [1.82, 2.24) is 0 Å². The molecule has 0 unspecified atom stereocenters. The molecule has 4 rings (SSSR count). The van der Waals surface area contributed by atoms with Crippen LogP contribution in [0.3, 0.4) is 0 Å². The van der Waals surface area contributed by atoms with Gasteiger partial charge in [-0.25, -0.2) is 14.2 Å². The maximum atomic E-state index is 13.5. The smallest absolute Gasteiger partial charge is 0.363 e. The van der Waals surface area contributed by atoms with Gasteiger partial charge < -0.3 is 14.2 Å². The van der Waals surface area contributed by atoms with E-state index < -0.39 is 11.8 Å². The lowest BCUT2D eigenvalue weighted by molar-refractivity contribution is -0.129. The third-order valence-corrected chi connectivity index (χ3v) is 5.71. The number of hydrogen-bond donors (Lipinski definition) is 0. The first kappa shape index (κ1) is 23.0. The van der Waals surface area contributed by atoms with Gasteiger partial charge in [0.25, 0.3) is 0 Å². The van der Waals surface area contributed by atoms with Crippen molar-refractivity contribution in [3.05, 3.63) is 98.4 Å².